The topological polar surface area (TPSA) is 79.5 Å². The second-order valence-corrected chi connectivity index (χ2v) is 5.55. The molecule has 2 aromatic heterocycles. The Hall–Kier alpha value is -2.60. The van der Waals surface area contributed by atoms with Crippen LogP contribution in [0.1, 0.15) is 19.3 Å². The zero-order valence-electron chi connectivity index (χ0n) is 12.2. The highest BCUT2D eigenvalue weighted by Crippen LogP contribution is 2.23. The quantitative estimate of drug-likeness (QED) is 0.733. The average molecular weight is 331 g/mol. The summed E-state index contributed by atoms with van der Waals surface area (Å²) in [5.41, 5.74) is 2.19. The highest BCUT2D eigenvalue weighted by atomic mass is 35.5. The SMILES string of the molecule is C1CC1.O=C(O)Nc1nc2cccc(-c3cccc(Cl)c3)n2n1. The lowest BCUT2D eigenvalue weighted by Gasteiger charge is -2.04. The smallest absolute Gasteiger partial charge is 0.411 e. The van der Waals surface area contributed by atoms with Gasteiger partial charge in [0.05, 0.1) is 5.69 Å². The molecule has 23 heavy (non-hydrogen) atoms. The summed E-state index contributed by atoms with van der Waals surface area (Å²) < 4.78 is 1.57. The minimum atomic E-state index is -1.20. The van der Waals surface area contributed by atoms with E-state index in [-0.39, 0.29) is 5.95 Å². The Labute approximate surface area is 137 Å². The van der Waals surface area contributed by atoms with Gasteiger partial charge in [-0.3, -0.25) is 5.32 Å². The number of fused-ring (bicyclic) bond motifs is 1. The number of halogens is 1. The van der Waals surface area contributed by atoms with Crippen molar-refractivity contribution in [3.05, 3.63) is 47.5 Å². The number of aromatic nitrogens is 3. The molecule has 3 aromatic rings. The van der Waals surface area contributed by atoms with Gasteiger partial charge in [-0.1, -0.05) is 49.1 Å². The van der Waals surface area contributed by atoms with Crippen LogP contribution in [-0.2, 0) is 0 Å². The van der Waals surface area contributed by atoms with Crippen molar-refractivity contribution in [1.82, 2.24) is 14.6 Å². The van der Waals surface area contributed by atoms with Gasteiger partial charge in [-0.05, 0) is 24.3 Å². The molecule has 1 aliphatic rings. The van der Waals surface area contributed by atoms with Gasteiger partial charge in [0, 0.05) is 10.6 Å². The Balaban J connectivity index is 0.000000468. The number of benzene rings is 1. The second-order valence-electron chi connectivity index (χ2n) is 5.12. The van der Waals surface area contributed by atoms with Crippen LogP contribution in [0.4, 0.5) is 10.7 Å². The first-order chi connectivity index (χ1) is 11.1. The van der Waals surface area contributed by atoms with Gasteiger partial charge in [0.25, 0.3) is 5.95 Å². The van der Waals surface area contributed by atoms with Gasteiger partial charge < -0.3 is 5.11 Å². The van der Waals surface area contributed by atoms with Crippen molar-refractivity contribution in [3.63, 3.8) is 0 Å². The number of pyridine rings is 1. The molecule has 0 aliphatic heterocycles. The number of carboxylic acid groups (broad SMARTS) is 1. The number of hydrogen-bond donors (Lipinski definition) is 2. The van der Waals surface area contributed by atoms with E-state index in [1.54, 1.807) is 16.6 Å². The molecule has 0 bridgehead atoms. The molecule has 1 fully saturated rings. The Kier molecular flexibility index (Phi) is 4.43. The van der Waals surface area contributed by atoms with Crippen LogP contribution in [-0.4, -0.2) is 25.8 Å². The maximum absolute atomic E-state index is 10.6. The molecule has 4 rings (SSSR count). The molecule has 0 unspecified atom stereocenters. The van der Waals surface area contributed by atoms with Crippen molar-refractivity contribution >= 4 is 29.3 Å². The third-order valence-electron chi connectivity index (χ3n) is 3.05. The molecule has 2 N–H and O–H groups in total. The van der Waals surface area contributed by atoms with Gasteiger partial charge in [-0.2, -0.15) is 4.98 Å². The molecule has 118 valence electrons. The van der Waals surface area contributed by atoms with E-state index in [4.69, 9.17) is 16.7 Å². The maximum Gasteiger partial charge on any atom is 0.411 e. The summed E-state index contributed by atoms with van der Waals surface area (Å²) in [5.74, 6) is 0.0342. The van der Waals surface area contributed by atoms with Crippen LogP contribution in [0.5, 0.6) is 0 Å². The number of rotatable bonds is 2. The van der Waals surface area contributed by atoms with Crippen LogP contribution in [0.2, 0.25) is 5.02 Å². The molecule has 0 atom stereocenters. The molecule has 1 aliphatic carbocycles. The lowest BCUT2D eigenvalue weighted by Crippen LogP contribution is -2.08. The van der Waals surface area contributed by atoms with Crippen molar-refractivity contribution < 1.29 is 9.90 Å². The molecule has 2 heterocycles. The van der Waals surface area contributed by atoms with Crippen LogP contribution < -0.4 is 5.32 Å². The van der Waals surface area contributed by atoms with E-state index in [9.17, 15) is 4.79 Å². The average Bonchev–Trinajstić information content (AvgIpc) is 3.33. The molecule has 1 aromatic carbocycles. The second kappa shape index (κ2) is 6.66. The number of nitrogens with one attached hydrogen (secondary N) is 1. The Morgan fingerprint density at radius 1 is 1.17 bits per heavy atom. The first kappa shape index (κ1) is 15.3. The first-order valence-electron chi connectivity index (χ1n) is 7.25. The van der Waals surface area contributed by atoms with E-state index in [1.165, 1.54) is 19.3 Å². The fraction of sp³-hybridized carbons (Fsp3) is 0.188. The van der Waals surface area contributed by atoms with E-state index in [0.29, 0.717) is 10.7 Å². The monoisotopic (exact) mass is 330 g/mol. The van der Waals surface area contributed by atoms with Crippen molar-refractivity contribution in [2.75, 3.05) is 5.32 Å². The molecule has 1 amide bonds. The summed E-state index contributed by atoms with van der Waals surface area (Å²) >= 11 is 5.98. The molecule has 6 nitrogen and oxygen atoms in total. The predicted molar refractivity (Wildman–Crippen MR) is 88.9 cm³/mol. The lowest BCUT2D eigenvalue weighted by atomic mass is 10.1. The zero-order chi connectivity index (χ0) is 16.2. The van der Waals surface area contributed by atoms with Crippen LogP contribution in [0.3, 0.4) is 0 Å². The van der Waals surface area contributed by atoms with Crippen LogP contribution in [0.15, 0.2) is 42.5 Å². The van der Waals surface area contributed by atoms with E-state index < -0.39 is 6.09 Å². The van der Waals surface area contributed by atoms with Gasteiger partial charge >= 0.3 is 6.09 Å². The Morgan fingerprint density at radius 3 is 2.57 bits per heavy atom. The standard InChI is InChI=1S/C13H9ClN4O2.C3H6/c14-9-4-1-3-8(7-9)10-5-2-6-11-15-12(16-13(19)20)17-18(10)11;1-2-3-1/h1-7H,(H,16,17)(H,19,20);1-3H2. The zero-order valence-corrected chi connectivity index (χ0v) is 13.0. The number of amides is 1. The number of nitrogens with zero attached hydrogens (tertiary/aromatic N) is 3. The predicted octanol–water partition coefficient (Wildman–Crippen LogP) is 4.31. The molecular formula is C16H15ClN4O2. The lowest BCUT2D eigenvalue weighted by molar-refractivity contribution is 0.209. The first-order valence-corrected chi connectivity index (χ1v) is 7.63. The van der Waals surface area contributed by atoms with Gasteiger partial charge in [0.2, 0.25) is 0 Å². The van der Waals surface area contributed by atoms with Gasteiger partial charge in [-0.25, -0.2) is 9.31 Å². The number of hydrogen-bond acceptors (Lipinski definition) is 3. The summed E-state index contributed by atoms with van der Waals surface area (Å²) in [4.78, 5) is 14.7. The molecule has 7 heteroatoms. The molecule has 0 radical (unpaired) electrons. The van der Waals surface area contributed by atoms with Crippen molar-refractivity contribution in [2.45, 2.75) is 19.3 Å². The molecule has 1 saturated carbocycles. The van der Waals surface area contributed by atoms with Gasteiger partial charge in [0.15, 0.2) is 5.65 Å². The molecule has 0 spiro atoms. The highest BCUT2D eigenvalue weighted by Gasteiger charge is 2.10. The largest absolute Gasteiger partial charge is 0.465 e. The van der Waals surface area contributed by atoms with Gasteiger partial charge in [-0.15, -0.1) is 5.10 Å². The van der Waals surface area contributed by atoms with Crippen LogP contribution >= 0.6 is 11.6 Å². The number of anilines is 1. The summed E-state index contributed by atoms with van der Waals surface area (Å²) in [7, 11) is 0. The minimum absolute atomic E-state index is 0.0342. The third kappa shape index (κ3) is 3.98. The van der Waals surface area contributed by atoms with E-state index in [1.807, 2.05) is 30.3 Å². The Bertz CT molecular complexity index is 842. The fourth-order valence-electron chi connectivity index (χ4n) is 1.92. The summed E-state index contributed by atoms with van der Waals surface area (Å²) in [6.07, 6.45) is 3.30. The molecule has 0 saturated heterocycles. The van der Waals surface area contributed by atoms with Crippen LogP contribution in [0.25, 0.3) is 16.9 Å². The maximum atomic E-state index is 10.6. The van der Waals surface area contributed by atoms with Crippen molar-refractivity contribution in [2.24, 2.45) is 0 Å². The van der Waals surface area contributed by atoms with E-state index in [0.717, 1.165) is 11.3 Å². The number of carbonyl (C=O) groups is 1. The van der Waals surface area contributed by atoms with E-state index in [2.05, 4.69) is 15.4 Å². The fourth-order valence-corrected chi connectivity index (χ4v) is 2.11. The minimum Gasteiger partial charge on any atom is -0.465 e. The van der Waals surface area contributed by atoms with Crippen LogP contribution in [0, 0.1) is 0 Å². The van der Waals surface area contributed by atoms with Crippen molar-refractivity contribution in [1.29, 1.82) is 0 Å². The summed E-state index contributed by atoms with van der Waals surface area (Å²) in [6, 6.07) is 12.7. The van der Waals surface area contributed by atoms with Gasteiger partial charge in [0.1, 0.15) is 0 Å². The van der Waals surface area contributed by atoms with Crippen molar-refractivity contribution in [3.8, 4) is 11.3 Å². The summed E-state index contributed by atoms with van der Waals surface area (Å²) in [6.45, 7) is 0. The molecular weight excluding hydrogens is 316 g/mol. The Morgan fingerprint density at radius 2 is 1.91 bits per heavy atom. The third-order valence-corrected chi connectivity index (χ3v) is 3.29. The van der Waals surface area contributed by atoms with E-state index >= 15 is 0 Å². The normalized spacial score (nSPS) is 12.4. The summed E-state index contributed by atoms with van der Waals surface area (Å²) in [5, 5.41) is 15.6. The highest BCUT2D eigenvalue weighted by molar-refractivity contribution is 6.30.